The second-order valence-corrected chi connectivity index (χ2v) is 4.93. The zero-order valence-corrected chi connectivity index (χ0v) is 12.2. The van der Waals surface area contributed by atoms with Crippen molar-refractivity contribution >= 4 is 27.5 Å². The smallest absolute Gasteiger partial charge is 0.0767 e. The third kappa shape index (κ3) is 3.75. The number of aryl methyl sites for hydroxylation is 2. The van der Waals surface area contributed by atoms with E-state index in [-0.39, 0.29) is 0 Å². The highest BCUT2D eigenvalue weighted by atomic mass is 79.9. The van der Waals surface area contributed by atoms with Crippen LogP contribution in [-0.2, 0) is 20.0 Å². The molecule has 0 bridgehead atoms. The van der Waals surface area contributed by atoms with E-state index in [2.05, 4.69) is 33.3 Å². The lowest BCUT2D eigenvalue weighted by Gasteiger charge is -2.05. The largest absolute Gasteiger partial charge is 0.311 e. The van der Waals surface area contributed by atoms with E-state index in [1.165, 1.54) is 5.69 Å². The van der Waals surface area contributed by atoms with Crippen molar-refractivity contribution in [1.29, 1.82) is 0 Å². The van der Waals surface area contributed by atoms with Gasteiger partial charge < -0.3 is 5.32 Å². The SMILES string of the molecule is CCc1nn(C)c(CNCCCCCl)c1Br. The topological polar surface area (TPSA) is 29.9 Å². The van der Waals surface area contributed by atoms with Crippen LogP contribution in [0.1, 0.15) is 31.2 Å². The zero-order chi connectivity index (χ0) is 12.0. The van der Waals surface area contributed by atoms with Crippen LogP contribution in [0.25, 0.3) is 0 Å². The molecule has 0 amide bonds. The Morgan fingerprint density at radius 3 is 2.75 bits per heavy atom. The lowest BCUT2D eigenvalue weighted by molar-refractivity contribution is 0.601. The molecule has 1 aromatic heterocycles. The molecule has 0 saturated carbocycles. The predicted octanol–water partition coefficient (Wildman–Crippen LogP) is 2.85. The Labute approximate surface area is 111 Å². The van der Waals surface area contributed by atoms with Crippen molar-refractivity contribution in [3.8, 4) is 0 Å². The molecule has 0 aliphatic heterocycles. The van der Waals surface area contributed by atoms with Gasteiger partial charge in [-0.2, -0.15) is 5.10 Å². The number of unbranched alkanes of at least 4 members (excludes halogenated alkanes) is 1. The Hall–Kier alpha value is -0.0600. The van der Waals surface area contributed by atoms with Gasteiger partial charge in [-0.3, -0.25) is 4.68 Å². The minimum Gasteiger partial charge on any atom is -0.311 e. The molecule has 1 heterocycles. The van der Waals surface area contributed by atoms with Crippen LogP contribution in [0.2, 0.25) is 0 Å². The summed E-state index contributed by atoms with van der Waals surface area (Å²) >= 11 is 9.22. The average molecular weight is 309 g/mol. The molecule has 0 spiro atoms. The molecule has 1 aromatic rings. The van der Waals surface area contributed by atoms with Gasteiger partial charge in [0, 0.05) is 19.5 Å². The summed E-state index contributed by atoms with van der Waals surface area (Å²) in [4.78, 5) is 0. The number of nitrogens with one attached hydrogen (secondary N) is 1. The molecule has 1 rings (SSSR count). The monoisotopic (exact) mass is 307 g/mol. The van der Waals surface area contributed by atoms with Gasteiger partial charge >= 0.3 is 0 Å². The second kappa shape index (κ2) is 7.30. The second-order valence-electron chi connectivity index (χ2n) is 3.76. The number of hydrogen-bond donors (Lipinski definition) is 1. The minimum atomic E-state index is 0.747. The third-order valence-electron chi connectivity index (χ3n) is 2.53. The van der Waals surface area contributed by atoms with Crippen LogP contribution < -0.4 is 5.32 Å². The normalized spacial score (nSPS) is 11.0. The quantitative estimate of drug-likeness (QED) is 0.620. The molecule has 0 saturated heterocycles. The Morgan fingerprint density at radius 2 is 2.19 bits per heavy atom. The van der Waals surface area contributed by atoms with E-state index in [1.54, 1.807) is 0 Å². The van der Waals surface area contributed by atoms with E-state index in [1.807, 2.05) is 11.7 Å². The van der Waals surface area contributed by atoms with E-state index in [4.69, 9.17) is 11.6 Å². The van der Waals surface area contributed by atoms with Crippen molar-refractivity contribution in [3.63, 3.8) is 0 Å². The van der Waals surface area contributed by atoms with Gasteiger partial charge in [0.15, 0.2) is 0 Å². The summed E-state index contributed by atoms with van der Waals surface area (Å²) in [5.41, 5.74) is 2.34. The zero-order valence-electron chi connectivity index (χ0n) is 9.89. The average Bonchev–Trinajstić information content (AvgIpc) is 2.55. The van der Waals surface area contributed by atoms with Gasteiger partial charge in [0.25, 0.3) is 0 Å². The molecule has 0 aliphatic carbocycles. The van der Waals surface area contributed by atoms with Crippen LogP contribution in [0.5, 0.6) is 0 Å². The first-order valence-electron chi connectivity index (χ1n) is 5.67. The van der Waals surface area contributed by atoms with E-state index >= 15 is 0 Å². The summed E-state index contributed by atoms with van der Waals surface area (Å²) in [5, 5.41) is 7.86. The van der Waals surface area contributed by atoms with Crippen LogP contribution >= 0.6 is 27.5 Å². The van der Waals surface area contributed by atoms with Gasteiger partial charge in [0.2, 0.25) is 0 Å². The van der Waals surface area contributed by atoms with Gasteiger partial charge in [-0.05, 0) is 41.7 Å². The number of nitrogens with zero attached hydrogens (tertiary/aromatic N) is 2. The summed E-state index contributed by atoms with van der Waals surface area (Å²) in [6.07, 6.45) is 3.15. The molecule has 1 N–H and O–H groups in total. The van der Waals surface area contributed by atoms with Crippen molar-refractivity contribution in [2.45, 2.75) is 32.7 Å². The van der Waals surface area contributed by atoms with Gasteiger partial charge in [0.05, 0.1) is 15.9 Å². The van der Waals surface area contributed by atoms with Crippen molar-refractivity contribution < 1.29 is 0 Å². The molecule has 0 unspecified atom stereocenters. The lowest BCUT2D eigenvalue weighted by atomic mass is 10.3. The molecule has 0 radical (unpaired) electrons. The number of rotatable bonds is 7. The van der Waals surface area contributed by atoms with E-state index in [9.17, 15) is 0 Å². The molecular formula is C11H19BrClN3. The summed E-state index contributed by atoms with van der Waals surface area (Å²) in [7, 11) is 1.99. The van der Waals surface area contributed by atoms with Crippen LogP contribution in [-0.4, -0.2) is 22.2 Å². The first-order valence-corrected chi connectivity index (χ1v) is 7.00. The summed E-state index contributed by atoms with van der Waals surface area (Å²) in [5.74, 6) is 0.747. The first-order chi connectivity index (χ1) is 7.70. The van der Waals surface area contributed by atoms with Gasteiger partial charge in [-0.15, -0.1) is 11.6 Å². The molecule has 0 aromatic carbocycles. The Balaban J connectivity index is 2.44. The lowest BCUT2D eigenvalue weighted by Crippen LogP contribution is -2.17. The molecule has 5 heteroatoms. The highest BCUT2D eigenvalue weighted by Crippen LogP contribution is 2.21. The molecule has 16 heavy (non-hydrogen) atoms. The van der Waals surface area contributed by atoms with E-state index in [0.29, 0.717) is 0 Å². The number of halogens is 2. The Bertz CT molecular complexity index is 325. The maximum Gasteiger partial charge on any atom is 0.0767 e. The van der Waals surface area contributed by atoms with Crippen LogP contribution in [0, 0.1) is 0 Å². The standard InChI is InChI=1S/C11H19BrClN3/c1-3-9-11(12)10(16(2)15-9)8-14-7-5-4-6-13/h14H,3-8H2,1-2H3. The van der Waals surface area contributed by atoms with Crippen LogP contribution in [0.3, 0.4) is 0 Å². The maximum absolute atomic E-state index is 5.62. The predicted molar refractivity (Wildman–Crippen MR) is 71.9 cm³/mol. The van der Waals surface area contributed by atoms with E-state index in [0.717, 1.165) is 48.4 Å². The fourth-order valence-electron chi connectivity index (χ4n) is 1.56. The van der Waals surface area contributed by atoms with Gasteiger partial charge in [-0.1, -0.05) is 6.92 Å². The maximum atomic E-state index is 5.62. The molecule has 3 nitrogen and oxygen atoms in total. The van der Waals surface area contributed by atoms with Crippen LogP contribution in [0.4, 0.5) is 0 Å². The highest BCUT2D eigenvalue weighted by Gasteiger charge is 2.11. The van der Waals surface area contributed by atoms with Crippen molar-refractivity contribution in [2.24, 2.45) is 7.05 Å². The fourth-order valence-corrected chi connectivity index (χ4v) is 2.51. The third-order valence-corrected chi connectivity index (χ3v) is 3.72. The first kappa shape index (κ1) is 14.0. The molecule has 0 aliphatic rings. The summed E-state index contributed by atoms with van der Waals surface area (Å²) in [6.45, 7) is 3.98. The Kier molecular flexibility index (Phi) is 6.39. The van der Waals surface area contributed by atoms with Gasteiger partial charge in [0.1, 0.15) is 0 Å². The van der Waals surface area contributed by atoms with Crippen molar-refractivity contribution in [3.05, 3.63) is 15.9 Å². The Morgan fingerprint density at radius 1 is 1.44 bits per heavy atom. The number of hydrogen-bond acceptors (Lipinski definition) is 2. The molecule has 92 valence electrons. The molecule has 0 fully saturated rings. The summed E-state index contributed by atoms with van der Waals surface area (Å²) in [6, 6.07) is 0. The fraction of sp³-hybridized carbons (Fsp3) is 0.727. The van der Waals surface area contributed by atoms with Gasteiger partial charge in [-0.25, -0.2) is 0 Å². The number of aromatic nitrogens is 2. The summed E-state index contributed by atoms with van der Waals surface area (Å²) < 4.78 is 3.08. The van der Waals surface area contributed by atoms with E-state index < -0.39 is 0 Å². The highest BCUT2D eigenvalue weighted by molar-refractivity contribution is 9.10. The molecule has 0 atom stereocenters. The van der Waals surface area contributed by atoms with Crippen molar-refractivity contribution in [2.75, 3.05) is 12.4 Å². The molecular weight excluding hydrogens is 289 g/mol. The van der Waals surface area contributed by atoms with Crippen molar-refractivity contribution in [1.82, 2.24) is 15.1 Å². The number of alkyl halides is 1. The van der Waals surface area contributed by atoms with Crippen LogP contribution in [0.15, 0.2) is 4.47 Å². The minimum absolute atomic E-state index is 0.747.